The lowest BCUT2D eigenvalue weighted by Crippen LogP contribution is -2.46. The van der Waals surface area contributed by atoms with Crippen LogP contribution >= 0.6 is 0 Å². The van der Waals surface area contributed by atoms with Crippen LogP contribution in [0, 0.1) is 0 Å². The molecule has 2 rings (SSSR count). The van der Waals surface area contributed by atoms with Gasteiger partial charge in [0, 0.05) is 19.5 Å². The summed E-state index contributed by atoms with van der Waals surface area (Å²) >= 11 is 0. The number of benzene rings is 1. The summed E-state index contributed by atoms with van der Waals surface area (Å²) in [5.74, 6) is -1.06. The largest absolute Gasteiger partial charge is 0.490 e. The van der Waals surface area contributed by atoms with Gasteiger partial charge in [0.05, 0.1) is 24.2 Å². The molecule has 2 N–H and O–H groups in total. The van der Waals surface area contributed by atoms with Gasteiger partial charge >= 0.3 is 5.97 Å². The van der Waals surface area contributed by atoms with Crippen molar-refractivity contribution in [1.82, 2.24) is 9.62 Å². The zero-order chi connectivity index (χ0) is 18.6. The molecule has 0 saturated heterocycles. The van der Waals surface area contributed by atoms with E-state index in [0.717, 1.165) is 4.90 Å². The smallest absolute Gasteiger partial charge is 0.323 e. The van der Waals surface area contributed by atoms with Gasteiger partial charge in [0.1, 0.15) is 6.54 Å². The molecule has 1 aliphatic heterocycles. The molecule has 25 heavy (non-hydrogen) atoms. The van der Waals surface area contributed by atoms with E-state index in [0.29, 0.717) is 31.1 Å². The lowest BCUT2D eigenvalue weighted by atomic mass is 10.3. The Kier molecular flexibility index (Phi) is 5.85. The van der Waals surface area contributed by atoms with E-state index in [1.165, 1.54) is 32.2 Å². The summed E-state index contributed by atoms with van der Waals surface area (Å²) < 4.78 is 38.1. The summed E-state index contributed by atoms with van der Waals surface area (Å²) in [5.41, 5.74) is 0. The molecule has 9 nitrogen and oxygen atoms in total. The van der Waals surface area contributed by atoms with Crippen LogP contribution < -0.4 is 14.2 Å². The number of amides is 1. The average molecular weight is 372 g/mol. The summed E-state index contributed by atoms with van der Waals surface area (Å²) in [5, 5.41) is 8.70. The fourth-order valence-corrected chi connectivity index (χ4v) is 3.49. The first-order chi connectivity index (χ1) is 11.7. The van der Waals surface area contributed by atoms with Crippen molar-refractivity contribution in [1.29, 1.82) is 0 Å². The number of rotatable bonds is 6. The van der Waals surface area contributed by atoms with Gasteiger partial charge in [-0.3, -0.25) is 9.59 Å². The van der Waals surface area contributed by atoms with Crippen molar-refractivity contribution in [3.63, 3.8) is 0 Å². The van der Waals surface area contributed by atoms with Crippen LogP contribution in [-0.4, -0.2) is 63.1 Å². The molecule has 10 heteroatoms. The Balaban J connectivity index is 2.14. The molecule has 1 heterocycles. The molecule has 0 fully saturated rings. The number of likely N-dealkylation sites (N-methyl/N-ethyl adjacent to an activating group) is 1. The zero-order valence-electron chi connectivity index (χ0n) is 13.9. The molecule has 1 atom stereocenters. The summed E-state index contributed by atoms with van der Waals surface area (Å²) in [6, 6.07) is 3.07. The minimum atomic E-state index is -3.99. The molecular formula is C15H20N2O7S. The van der Waals surface area contributed by atoms with Crippen LogP contribution in [0.5, 0.6) is 11.5 Å². The van der Waals surface area contributed by atoms with Crippen LogP contribution in [0.3, 0.4) is 0 Å². The van der Waals surface area contributed by atoms with E-state index in [2.05, 4.69) is 4.72 Å². The number of carboxylic acids is 1. The van der Waals surface area contributed by atoms with Gasteiger partial charge < -0.3 is 19.5 Å². The van der Waals surface area contributed by atoms with Crippen molar-refractivity contribution in [2.75, 3.05) is 26.8 Å². The number of fused-ring (bicyclic) bond motifs is 1. The predicted octanol–water partition coefficient (Wildman–Crippen LogP) is 0.0577. The highest BCUT2D eigenvalue weighted by Crippen LogP contribution is 2.31. The second-order valence-electron chi connectivity index (χ2n) is 5.59. The van der Waals surface area contributed by atoms with Crippen LogP contribution in [0.1, 0.15) is 13.3 Å². The fourth-order valence-electron chi connectivity index (χ4n) is 2.27. The van der Waals surface area contributed by atoms with Crippen LogP contribution in [-0.2, 0) is 19.6 Å². The summed E-state index contributed by atoms with van der Waals surface area (Å²) in [6.45, 7) is 1.73. The van der Waals surface area contributed by atoms with E-state index in [1.54, 1.807) is 0 Å². The minimum absolute atomic E-state index is 0.0720. The Labute approximate surface area is 145 Å². The molecular weight excluding hydrogens is 352 g/mol. The SMILES string of the molecule is CC(NS(=O)(=O)c1ccc2c(c1)OCCCO2)C(=O)N(C)CC(=O)O. The lowest BCUT2D eigenvalue weighted by Gasteiger charge is -2.20. The van der Waals surface area contributed by atoms with Crippen LogP contribution in [0.25, 0.3) is 0 Å². The molecule has 0 aromatic heterocycles. The molecule has 0 spiro atoms. The minimum Gasteiger partial charge on any atom is -0.490 e. The summed E-state index contributed by atoms with van der Waals surface area (Å²) in [7, 11) is -2.71. The Bertz CT molecular complexity index is 763. The maximum absolute atomic E-state index is 12.5. The number of ether oxygens (including phenoxy) is 2. The van der Waals surface area contributed by atoms with E-state index in [4.69, 9.17) is 14.6 Å². The number of aliphatic carboxylic acids is 1. The number of sulfonamides is 1. The molecule has 0 aliphatic carbocycles. The molecule has 1 aliphatic rings. The highest BCUT2D eigenvalue weighted by atomic mass is 32.2. The topological polar surface area (TPSA) is 122 Å². The Morgan fingerprint density at radius 2 is 1.92 bits per heavy atom. The van der Waals surface area contributed by atoms with Crippen LogP contribution in [0.4, 0.5) is 0 Å². The Hall–Kier alpha value is -2.33. The second kappa shape index (κ2) is 7.70. The second-order valence-corrected chi connectivity index (χ2v) is 7.30. The zero-order valence-corrected chi connectivity index (χ0v) is 14.7. The van der Waals surface area contributed by atoms with Gasteiger partial charge in [0.25, 0.3) is 0 Å². The average Bonchev–Trinajstić information content (AvgIpc) is 2.77. The third-order valence-electron chi connectivity index (χ3n) is 3.48. The van der Waals surface area contributed by atoms with Gasteiger partial charge in [0.15, 0.2) is 11.5 Å². The van der Waals surface area contributed by atoms with Crippen molar-refractivity contribution >= 4 is 21.9 Å². The number of carbonyl (C=O) groups is 2. The fraction of sp³-hybridized carbons (Fsp3) is 0.467. The van der Waals surface area contributed by atoms with Crippen molar-refractivity contribution in [2.45, 2.75) is 24.3 Å². The monoisotopic (exact) mass is 372 g/mol. The number of nitrogens with one attached hydrogen (secondary N) is 1. The highest BCUT2D eigenvalue weighted by Gasteiger charge is 2.26. The first kappa shape index (κ1) is 19.0. The molecule has 0 radical (unpaired) electrons. The molecule has 1 aromatic rings. The van der Waals surface area contributed by atoms with Crippen molar-refractivity contribution in [2.24, 2.45) is 0 Å². The molecule has 138 valence electrons. The van der Waals surface area contributed by atoms with Gasteiger partial charge in [-0.05, 0) is 19.1 Å². The number of hydrogen-bond donors (Lipinski definition) is 2. The first-order valence-corrected chi connectivity index (χ1v) is 9.08. The molecule has 1 aromatic carbocycles. The predicted molar refractivity (Wildman–Crippen MR) is 87.1 cm³/mol. The molecule has 0 bridgehead atoms. The van der Waals surface area contributed by atoms with E-state index < -0.39 is 34.5 Å². The third kappa shape index (κ3) is 4.83. The van der Waals surface area contributed by atoms with Gasteiger partial charge in [-0.1, -0.05) is 0 Å². The Morgan fingerprint density at radius 1 is 1.28 bits per heavy atom. The van der Waals surface area contributed by atoms with E-state index >= 15 is 0 Å². The van der Waals surface area contributed by atoms with Crippen LogP contribution in [0.2, 0.25) is 0 Å². The van der Waals surface area contributed by atoms with E-state index in [9.17, 15) is 18.0 Å². The number of carbonyl (C=O) groups excluding carboxylic acids is 1. The van der Waals surface area contributed by atoms with Gasteiger partial charge in [0.2, 0.25) is 15.9 Å². The van der Waals surface area contributed by atoms with Crippen LogP contribution in [0.15, 0.2) is 23.1 Å². The Morgan fingerprint density at radius 3 is 2.56 bits per heavy atom. The number of carboxylic acid groups (broad SMARTS) is 1. The lowest BCUT2D eigenvalue weighted by molar-refractivity contribution is -0.143. The first-order valence-electron chi connectivity index (χ1n) is 7.59. The molecule has 1 amide bonds. The van der Waals surface area contributed by atoms with E-state index in [1.807, 2.05) is 0 Å². The quantitative estimate of drug-likeness (QED) is 0.724. The highest BCUT2D eigenvalue weighted by molar-refractivity contribution is 7.89. The van der Waals surface area contributed by atoms with Crippen molar-refractivity contribution in [3.05, 3.63) is 18.2 Å². The number of hydrogen-bond acceptors (Lipinski definition) is 6. The van der Waals surface area contributed by atoms with Crippen molar-refractivity contribution < 1.29 is 32.6 Å². The standard InChI is InChI=1S/C15H20N2O7S/c1-10(15(20)17(2)9-14(18)19)16-25(21,22)11-4-5-12-13(8-11)24-7-3-6-23-12/h4-5,8,10,16H,3,6-7,9H2,1-2H3,(H,18,19). The van der Waals surface area contributed by atoms with Gasteiger partial charge in [-0.15, -0.1) is 0 Å². The maximum atomic E-state index is 12.5. The van der Waals surface area contributed by atoms with Crippen molar-refractivity contribution in [3.8, 4) is 11.5 Å². The van der Waals surface area contributed by atoms with Gasteiger partial charge in [-0.2, -0.15) is 4.72 Å². The summed E-state index contributed by atoms with van der Waals surface area (Å²) in [6.07, 6.45) is 0.691. The third-order valence-corrected chi connectivity index (χ3v) is 5.02. The normalized spacial score (nSPS) is 15.1. The number of nitrogens with zero attached hydrogens (tertiary/aromatic N) is 1. The molecule has 1 unspecified atom stereocenters. The maximum Gasteiger partial charge on any atom is 0.323 e. The summed E-state index contributed by atoms with van der Waals surface area (Å²) in [4.78, 5) is 23.6. The van der Waals surface area contributed by atoms with E-state index in [-0.39, 0.29) is 4.90 Å². The molecule has 0 saturated carbocycles. The van der Waals surface area contributed by atoms with Gasteiger partial charge in [-0.25, -0.2) is 8.42 Å².